The summed E-state index contributed by atoms with van der Waals surface area (Å²) in [6.45, 7) is 1.34. The summed E-state index contributed by atoms with van der Waals surface area (Å²) >= 11 is 0. The molecule has 1 N–H and O–H groups in total. The number of halogens is 1. The van der Waals surface area contributed by atoms with Crippen LogP contribution >= 0.6 is 0 Å². The highest BCUT2D eigenvalue weighted by Gasteiger charge is 2.25. The minimum atomic E-state index is -0.228. The highest BCUT2D eigenvalue weighted by Crippen LogP contribution is 2.29. The van der Waals surface area contributed by atoms with E-state index in [1.807, 2.05) is 4.90 Å². The first-order valence-corrected chi connectivity index (χ1v) is 7.94. The number of aromatic nitrogens is 1. The van der Waals surface area contributed by atoms with Crippen molar-refractivity contribution in [3.63, 3.8) is 0 Å². The number of hydrogen-bond donors (Lipinski definition) is 1. The number of allylic oxidation sites excluding steroid dienone is 2. The van der Waals surface area contributed by atoms with Gasteiger partial charge in [0.15, 0.2) is 0 Å². The third-order valence-electron chi connectivity index (χ3n) is 4.84. The van der Waals surface area contributed by atoms with Crippen molar-refractivity contribution in [1.29, 1.82) is 0 Å². The van der Waals surface area contributed by atoms with Gasteiger partial charge < -0.3 is 9.88 Å². The number of amides is 1. The van der Waals surface area contributed by atoms with Crippen LogP contribution in [0, 0.1) is 11.7 Å². The first kappa shape index (κ1) is 13.6. The van der Waals surface area contributed by atoms with E-state index >= 15 is 0 Å². The third-order valence-corrected chi connectivity index (χ3v) is 4.84. The van der Waals surface area contributed by atoms with E-state index in [0.29, 0.717) is 18.9 Å². The van der Waals surface area contributed by atoms with Crippen LogP contribution in [0.25, 0.3) is 10.9 Å². The highest BCUT2D eigenvalue weighted by molar-refractivity contribution is 5.86. The molecular formula is C18H19FN2O. The molecule has 2 aliphatic rings. The monoisotopic (exact) mass is 298 g/mol. The number of carbonyl (C=O) groups is 1. The van der Waals surface area contributed by atoms with Crippen LogP contribution < -0.4 is 0 Å². The van der Waals surface area contributed by atoms with Gasteiger partial charge in [-0.15, -0.1) is 0 Å². The van der Waals surface area contributed by atoms with Gasteiger partial charge in [0.1, 0.15) is 5.82 Å². The van der Waals surface area contributed by atoms with Crippen molar-refractivity contribution in [1.82, 2.24) is 9.88 Å². The zero-order valence-corrected chi connectivity index (χ0v) is 12.4. The summed E-state index contributed by atoms with van der Waals surface area (Å²) in [5.74, 6) is 0.385. The molecule has 22 heavy (non-hydrogen) atoms. The molecule has 1 amide bonds. The molecule has 0 saturated carbocycles. The molecule has 4 rings (SSSR count). The van der Waals surface area contributed by atoms with Crippen LogP contribution in [0.5, 0.6) is 0 Å². The summed E-state index contributed by atoms with van der Waals surface area (Å²) in [6, 6.07) is 4.82. The molecule has 1 aromatic carbocycles. The molecule has 1 unspecified atom stereocenters. The number of rotatable bonds is 2. The fourth-order valence-corrected chi connectivity index (χ4v) is 3.62. The summed E-state index contributed by atoms with van der Waals surface area (Å²) < 4.78 is 13.5. The zero-order chi connectivity index (χ0) is 15.1. The Balaban J connectivity index is 1.57. The Morgan fingerprint density at radius 2 is 2.32 bits per heavy atom. The molecule has 1 atom stereocenters. The van der Waals surface area contributed by atoms with Crippen molar-refractivity contribution >= 4 is 16.8 Å². The largest absolute Gasteiger partial charge is 0.358 e. The van der Waals surface area contributed by atoms with Gasteiger partial charge in [-0.3, -0.25) is 4.79 Å². The average Bonchev–Trinajstić information content (AvgIpc) is 3.14. The Bertz CT molecular complexity index is 762. The maximum atomic E-state index is 13.5. The fourth-order valence-electron chi connectivity index (χ4n) is 3.62. The molecule has 1 aliphatic heterocycles. The smallest absolute Gasteiger partial charge is 0.223 e. The highest BCUT2D eigenvalue weighted by atomic mass is 19.1. The van der Waals surface area contributed by atoms with Gasteiger partial charge in [-0.2, -0.15) is 0 Å². The lowest BCUT2D eigenvalue weighted by Gasteiger charge is -2.28. The molecule has 1 aliphatic carbocycles. The van der Waals surface area contributed by atoms with Gasteiger partial charge in [0.25, 0.3) is 0 Å². The molecule has 114 valence electrons. The van der Waals surface area contributed by atoms with E-state index in [1.54, 1.807) is 12.1 Å². The van der Waals surface area contributed by atoms with E-state index in [4.69, 9.17) is 0 Å². The number of fused-ring (bicyclic) bond motifs is 3. The first-order valence-electron chi connectivity index (χ1n) is 7.94. The van der Waals surface area contributed by atoms with Crippen molar-refractivity contribution < 1.29 is 9.18 Å². The molecule has 2 aromatic rings. The summed E-state index contributed by atoms with van der Waals surface area (Å²) in [4.78, 5) is 17.8. The van der Waals surface area contributed by atoms with Gasteiger partial charge in [0.2, 0.25) is 5.91 Å². The van der Waals surface area contributed by atoms with E-state index in [9.17, 15) is 9.18 Å². The molecule has 0 fully saturated rings. The van der Waals surface area contributed by atoms with Crippen molar-refractivity contribution in [2.75, 3.05) is 6.54 Å². The lowest BCUT2D eigenvalue weighted by Crippen LogP contribution is -2.36. The van der Waals surface area contributed by atoms with Crippen LogP contribution in [0.3, 0.4) is 0 Å². The Morgan fingerprint density at radius 3 is 3.14 bits per heavy atom. The molecule has 0 bridgehead atoms. The fraction of sp³-hybridized carbons (Fsp3) is 0.389. The average molecular weight is 298 g/mol. The maximum absolute atomic E-state index is 13.5. The van der Waals surface area contributed by atoms with Gasteiger partial charge in [0.05, 0.1) is 0 Å². The maximum Gasteiger partial charge on any atom is 0.223 e. The molecule has 0 spiro atoms. The van der Waals surface area contributed by atoms with Crippen LogP contribution in [0.15, 0.2) is 30.4 Å². The van der Waals surface area contributed by atoms with Crippen LogP contribution in [0.2, 0.25) is 0 Å². The van der Waals surface area contributed by atoms with E-state index in [0.717, 1.165) is 48.0 Å². The van der Waals surface area contributed by atoms with E-state index < -0.39 is 0 Å². The van der Waals surface area contributed by atoms with E-state index in [2.05, 4.69) is 17.1 Å². The van der Waals surface area contributed by atoms with Gasteiger partial charge in [-0.05, 0) is 37.0 Å². The molecule has 0 radical (unpaired) electrons. The van der Waals surface area contributed by atoms with Crippen LogP contribution in [0.4, 0.5) is 4.39 Å². The lowest BCUT2D eigenvalue weighted by atomic mass is 10.0. The number of benzene rings is 1. The summed E-state index contributed by atoms with van der Waals surface area (Å²) in [7, 11) is 0. The molecule has 0 saturated heterocycles. The standard InChI is InChI=1S/C18H19FN2O/c19-13-5-6-16-14(10-13)15-11-21(8-7-17(15)20-16)18(22)9-12-3-1-2-4-12/h1,3,5-6,10,12,20H,2,4,7-9,11H2. The predicted molar refractivity (Wildman–Crippen MR) is 83.9 cm³/mol. The number of aromatic amines is 1. The van der Waals surface area contributed by atoms with Crippen molar-refractivity contribution in [3.05, 3.63) is 47.4 Å². The van der Waals surface area contributed by atoms with Crippen LogP contribution in [0.1, 0.15) is 30.5 Å². The second kappa shape index (κ2) is 5.27. The lowest BCUT2D eigenvalue weighted by molar-refractivity contribution is -0.132. The summed E-state index contributed by atoms with van der Waals surface area (Å²) in [5.41, 5.74) is 3.18. The third kappa shape index (κ3) is 2.32. The van der Waals surface area contributed by atoms with Crippen molar-refractivity contribution in [3.8, 4) is 0 Å². The van der Waals surface area contributed by atoms with Crippen molar-refractivity contribution in [2.45, 2.75) is 32.2 Å². The Labute approximate surface area is 128 Å². The van der Waals surface area contributed by atoms with E-state index in [1.165, 1.54) is 6.07 Å². The molecule has 1 aromatic heterocycles. The molecule has 2 heterocycles. The molecular weight excluding hydrogens is 279 g/mol. The van der Waals surface area contributed by atoms with E-state index in [-0.39, 0.29) is 11.7 Å². The number of H-pyrrole nitrogens is 1. The number of nitrogens with one attached hydrogen (secondary N) is 1. The Hall–Kier alpha value is -2.10. The first-order chi connectivity index (χ1) is 10.7. The number of carbonyl (C=O) groups excluding carboxylic acids is 1. The van der Waals surface area contributed by atoms with Gasteiger partial charge in [-0.25, -0.2) is 4.39 Å². The number of nitrogens with zero attached hydrogens (tertiary/aromatic N) is 1. The topological polar surface area (TPSA) is 36.1 Å². The predicted octanol–water partition coefficient (Wildman–Crippen LogP) is 3.55. The van der Waals surface area contributed by atoms with Crippen LogP contribution in [-0.4, -0.2) is 22.3 Å². The summed E-state index contributed by atoms with van der Waals surface area (Å²) in [5, 5.41) is 0.910. The number of hydrogen-bond acceptors (Lipinski definition) is 1. The SMILES string of the molecule is O=C(CC1C=CCC1)N1CCc2[nH]c3ccc(F)cc3c2C1. The Morgan fingerprint density at radius 1 is 1.41 bits per heavy atom. The Kier molecular flexibility index (Phi) is 3.25. The molecule has 4 heteroatoms. The van der Waals surface area contributed by atoms with Gasteiger partial charge >= 0.3 is 0 Å². The second-order valence-electron chi connectivity index (χ2n) is 6.31. The minimum absolute atomic E-state index is 0.216. The molecule has 3 nitrogen and oxygen atoms in total. The van der Waals surface area contributed by atoms with Crippen molar-refractivity contribution in [2.24, 2.45) is 5.92 Å². The minimum Gasteiger partial charge on any atom is -0.358 e. The normalized spacial score (nSPS) is 20.6. The second-order valence-corrected chi connectivity index (χ2v) is 6.31. The zero-order valence-electron chi connectivity index (χ0n) is 12.4. The quantitative estimate of drug-likeness (QED) is 0.846. The summed E-state index contributed by atoms with van der Waals surface area (Å²) in [6.07, 6.45) is 7.91. The van der Waals surface area contributed by atoms with Gasteiger partial charge in [-0.1, -0.05) is 12.2 Å². The van der Waals surface area contributed by atoms with Crippen LogP contribution in [-0.2, 0) is 17.8 Å². The van der Waals surface area contributed by atoms with Gasteiger partial charge in [0, 0.05) is 48.1 Å².